The minimum atomic E-state index is -4.26. The molecule has 2 rings (SSSR count). The predicted octanol–water partition coefficient (Wildman–Crippen LogP) is 1.39. The van der Waals surface area contributed by atoms with Crippen LogP contribution in [0.5, 0.6) is 0 Å². The van der Waals surface area contributed by atoms with E-state index in [1.54, 1.807) is 0 Å². The molecule has 8 nitrogen and oxygen atoms in total. The lowest BCUT2D eigenvalue weighted by Gasteiger charge is -2.14. The van der Waals surface area contributed by atoms with E-state index in [1.807, 2.05) is 0 Å². The highest BCUT2D eigenvalue weighted by atomic mass is 35.5. The molecular weight excluding hydrogens is 383 g/mol. The van der Waals surface area contributed by atoms with Gasteiger partial charge in [-0.3, -0.25) is 0 Å². The van der Waals surface area contributed by atoms with E-state index in [2.05, 4.69) is 15.3 Å². The van der Waals surface area contributed by atoms with Gasteiger partial charge in [0.15, 0.2) is 9.84 Å². The zero-order chi connectivity index (χ0) is 18.1. The van der Waals surface area contributed by atoms with Crippen LogP contribution in [0.15, 0.2) is 34.3 Å². The summed E-state index contributed by atoms with van der Waals surface area (Å²) >= 11 is 5.72. The van der Waals surface area contributed by atoms with E-state index in [1.165, 1.54) is 6.07 Å². The molecule has 0 atom stereocenters. The first-order chi connectivity index (χ1) is 11.0. The summed E-state index contributed by atoms with van der Waals surface area (Å²) in [5, 5.41) is 7.77. The van der Waals surface area contributed by atoms with Gasteiger partial charge in [-0.1, -0.05) is 11.6 Å². The smallest absolute Gasteiger partial charge is 0.238 e. The van der Waals surface area contributed by atoms with Crippen molar-refractivity contribution >= 4 is 43.0 Å². The Morgan fingerprint density at radius 2 is 1.83 bits per heavy atom. The SMILES string of the molecule is CS(=O)(=O)c1cc(CF)c(S(N)(=O)=O)cc1Nc1cc(Cl)ncn1. The van der Waals surface area contributed by atoms with Gasteiger partial charge >= 0.3 is 0 Å². The third kappa shape index (κ3) is 4.17. The Bertz CT molecular complexity index is 996. The van der Waals surface area contributed by atoms with Gasteiger partial charge in [-0.25, -0.2) is 36.3 Å². The van der Waals surface area contributed by atoms with Crippen molar-refractivity contribution in [2.75, 3.05) is 11.6 Å². The van der Waals surface area contributed by atoms with Gasteiger partial charge in [-0.15, -0.1) is 0 Å². The number of primary sulfonamides is 1. The molecule has 1 aromatic heterocycles. The fourth-order valence-electron chi connectivity index (χ4n) is 1.92. The summed E-state index contributed by atoms with van der Waals surface area (Å²) in [5.74, 6) is 0.119. The molecular formula is C12H12ClFN4O4S2. The largest absolute Gasteiger partial charge is 0.339 e. The summed E-state index contributed by atoms with van der Waals surface area (Å²) in [4.78, 5) is 6.67. The van der Waals surface area contributed by atoms with E-state index in [4.69, 9.17) is 16.7 Å². The highest BCUT2D eigenvalue weighted by molar-refractivity contribution is 7.91. The molecule has 0 fully saturated rings. The summed E-state index contributed by atoms with van der Waals surface area (Å²) in [6.07, 6.45) is 2.03. The summed E-state index contributed by atoms with van der Waals surface area (Å²) in [6.45, 7) is -1.20. The van der Waals surface area contributed by atoms with Crippen LogP contribution in [-0.2, 0) is 26.5 Å². The lowest BCUT2D eigenvalue weighted by molar-refractivity contribution is 0.477. The molecule has 2 aromatic rings. The molecule has 24 heavy (non-hydrogen) atoms. The monoisotopic (exact) mass is 394 g/mol. The molecule has 0 aliphatic carbocycles. The second-order valence-electron chi connectivity index (χ2n) is 4.76. The van der Waals surface area contributed by atoms with Crippen molar-refractivity contribution in [3.8, 4) is 0 Å². The van der Waals surface area contributed by atoms with Crippen LogP contribution in [-0.4, -0.2) is 33.1 Å². The van der Waals surface area contributed by atoms with Gasteiger partial charge in [0.2, 0.25) is 10.0 Å². The van der Waals surface area contributed by atoms with Crippen molar-refractivity contribution in [1.82, 2.24) is 9.97 Å². The minimum Gasteiger partial charge on any atom is -0.339 e. The molecule has 0 radical (unpaired) electrons. The normalized spacial score (nSPS) is 12.2. The number of alkyl halides is 1. The molecule has 0 aliphatic heterocycles. The van der Waals surface area contributed by atoms with Gasteiger partial charge in [-0.2, -0.15) is 0 Å². The zero-order valence-corrected chi connectivity index (χ0v) is 14.6. The molecule has 0 aliphatic rings. The van der Waals surface area contributed by atoms with Gasteiger partial charge in [0.25, 0.3) is 0 Å². The highest BCUT2D eigenvalue weighted by Crippen LogP contribution is 2.30. The highest BCUT2D eigenvalue weighted by Gasteiger charge is 2.22. The van der Waals surface area contributed by atoms with Gasteiger partial charge in [0, 0.05) is 17.9 Å². The standard InChI is InChI=1S/C12H12ClFN4O4S2/c1-23(19,20)10-2-7(5-14)9(24(15,21)22)3-8(10)18-12-4-11(13)16-6-17-12/h2-4,6H,5H2,1H3,(H2,15,21,22)(H,16,17,18). The Balaban J connectivity index is 2.72. The second kappa shape index (κ2) is 6.59. The van der Waals surface area contributed by atoms with Gasteiger partial charge in [0.05, 0.1) is 15.5 Å². The van der Waals surface area contributed by atoms with Crippen LogP contribution in [0.3, 0.4) is 0 Å². The van der Waals surface area contributed by atoms with Crippen LogP contribution >= 0.6 is 11.6 Å². The minimum absolute atomic E-state index is 0.0838. The van der Waals surface area contributed by atoms with Crippen LogP contribution in [0.25, 0.3) is 0 Å². The molecule has 130 valence electrons. The Hall–Kier alpha value is -1.82. The molecule has 0 saturated heterocycles. The lowest BCUT2D eigenvalue weighted by atomic mass is 10.2. The van der Waals surface area contributed by atoms with E-state index >= 15 is 0 Å². The first-order valence-corrected chi connectivity index (χ1v) is 10.0. The number of benzene rings is 1. The van der Waals surface area contributed by atoms with Crippen LogP contribution in [0.4, 0.5) is 15.9 Å². The number of sulfone groups is 1. The number of hydrogen-bond donors (Lipinski definition) is 2. The maximum absolute atomic E-state index is 13.1. The number of aromatic nitrogens is 2. The van der Waals surface area contributed by atoms with Crippen molar-refractivity contribution in [2.45, 2.75) is 16.5 Å². The number of nitrogens with zero attached hydrogens (tertiary/aromatic N) is 2. The summed E-state index contributed by atoms with van der Waals surface area (Å²) in [5.41, 5.74) is -0.488. The lowest BCUT2D eigenvalue weighted by Crippen LogP contribution is -2.16. The average Bonchev–Trinajstić information content (AvgIpc) is 2.44. The Morgan fingerprint density at radius 1 is 1.17 bits per heavy atom. The maximum atomic E-state index is 13.1. The predicted molar refractivity (Wildman–Crippen MR) is 86.1 cm³/mol. The molecule has 12 heteroatoms. The summed E-state index contributed by atoms with van der Waals surface area (Å²) in [7, 11) is -8.06. The Morgan fingerprint density at radius 3 is 2.33 bits per heavy atom. The molecule has 0 amide bonds. The van der Waals surface area contributed by atoms with E-state index in [9.17, 15) is 21.2 Å². The third-order valence-corrected chi connectivity index (χ3v) is 5.25. The zero-order valence-electron chi connectivity index (χ0n) is 12.2. The molecule has 1 heterocycles. The van der Waals surface area contributed by atoms with Crippen molar-refractivity contribution < 1.29 is 21.2 Å². The Labute approximate surface area is 142 Å². The number of halogens is 2. The van der Waals surface area contributed by atoms with Crippen LogP contribution in [0, 0.1) is 0 Å². The molecule has 1 aromatic carbocycles. The van der Waals surface area contributed by atoms with Gasteiger partial charge in [-0.05, 0) is 12.1 Å². The molecule has 0 bridgehead atoms. The summed E-state index contributed by atoms with van der Waals surface area (Å²) < 4.78 is 60.2. The van der Waals surface area contributed by atoms with Crippen molar-refractivity contribution in [1.29, 1.82) is 0 Å². The third-order valence-electron chi connectivity index (χ3n) is 2.91. The van der Waals surface area contributed by atoms with Crippen LogP contribution < -0.4 is 10.5 Å². The van der Waals surface area contributed by atoms with Crippen LogP contribution in [0.1, 0.15) is 5.56 Å². The number of nitrogens with one attached hydrogen (secondary N) is 1. The van der Waals surface area contributed by atoms with Crippen molar-refractivity contribution in [3.63, 3.8) is 0 Å². The van der Waals surface area contributed by atoms with E-state index in [-0.39, 0.29) is 27.1 Å². The van der Waals surface area contributed by atoms with Gasteiger partial charge < -0.3 is 5.32 Å². The average molecular weight is 395 g/mol. The van der Waals surface area contributed by atoms with Crippen molar-refractivity contribution in [3.05, 3.63) is 35.2 Å². The quantitative estimate of drug-likeness (QED) is 0.732. The number of hydrogen-bond acceptors (Lipinski definition) is 7. The second-order valence-corrected chi connectivity index (χ2v) is 8.66. The van der Waals surface area contributed by atoms with E-state index in [0.29, 0.717) is 0 Å². The number of rotatable bonds is 5. The first kappa shape index (κ1) is 18.5. The topological polar surface area (TPSA) is 132 Å². The van der Waals surface area contributed by atoms with Crippen LogP contribution in [0.2, 0.25) is 5.15 Å². The molecule has 0 saturated carbocycles. The molecule has 3 N–H and O–H groups in total. The number of sulfonamides is 1. The molecule has 0 unspecified atom stereocenters. The fourth-order valence-corrected chi connectivity index (χ4v) is 3.69. The maximum Gasteiger partial charge on any atom is 0.238 e. The fraction of sp³-hybridized carbons (Fsp3) is 0.167. The van der Waals surface area contributed by atoms with E-state index < -0.39 is 31.4 Å². The van der Waals surface area contributed by atoms with Gasteiger partial charge in [0.1, 0.15) is 24.0 Å². The number of nitrogens with two attached hydrogens (primary N) is 1. The number of anilines is 2. The molecule has 0 spiro atoms. The Kier molecular flexibility index (Phi) is 5.08. The summed E-state index contributed by atoms with van der Waals surface area (Å²) in [6, 6.07) is 3.16. The van der Waals surface area contributed by atoms with Crippen molar-refractivity contribution in [2.24, 2.45) is 5.14 Å². The first-order valence-electron chi connectivity index (χ1n) is 6.22. The van der Waals surface area contributed by atoms with E-state index in [0.717, 1.165) is 24.7 Å².